The summed E-state index contributed by atoms with van der Waals surface area (Å²) in [6, 6.07) is 0. The van der Waals surface area contributed by atoms with Crippen LogP contribution in [0.5, 0.6) is 0 Å². The molecule has 0 bridgehead atoms. The molecule has 14 heteroatoms. The summed E-state index contributed by atoms with van der Waals surface area (Å²) in [6.07, 6.45) is 33.1. The molecule has 11 atom stereocenters. The standard InChI is InChI=1S/C55H98O14/c1-3-5-7-9-11-13-15-17-19-20-21-22-23-24-25-26-28-30-32-34-36-38-47(57)67-44(41-64-39-37-35-33-31-29-27-18-16-14-12-10-8-6-4-2)42-65-54-53(63)51(61)49(59)46(69-54)43-66-55-52(62)50(60)48(58)45(40-56)68-55/h8,10,14-17,20-21,44-46,48-56,58-63H,3-7,9,11-13,18-19,22-43H2,1-2H3/b10-8-,16-14-,17-15-,21-20-. The zero-order valence-corrected chi connectivity index (χ0v) is 42.8. The van der Waals surface area contributed by atoms with Crippen LogP contribution in [0.3, 0.4) is 0 Å². The van der Waals surface area contributed by atoms with E-state index in [0.29, 0.717) is 13.0 Å². The molecule has 2 aliphatic heterocycles. The number of esters is 1. The molecule has 69 heavy (non-hydrogen) atoms. The largest absolute Gasteiger partial charge is 0.457 e. The number of allylic oxidation sites excluding steroid dienone is 8. The monoisotopic (exact) mass is 983 g/mol. The van der Waals surface area contributed by atoms with Gasteiger partial charge in [0.25, 0.3) is 0 Å². The first-order valence-corrected chi connectivity index (χ1v) is 27.2. The van der Waals surface area contributed by atoms with Gasteiger partial charge in [-0.3, -0.25) is 4.79 Å². The van der Waals surface area contributed by atoms with Crippen molar-refractivity contribution in [2.45, 2.75) is 261 Å². The van der Waals surface area contributed by atoms with E-state index in [9.17, 15) is 40.5 Å². The van der Waals surface area contributed by atoms with Gasteiger partial charge in [-0.1, -0.05) is 165 Å². The Bertz CT molecular complexity index is 1320. The highest BCUT2D eigenvalue weighted by Crippen LogP contribution is 2.26. The van der Waals surface area contributed by atoms with Crippen molar-refractivity contribution < 1.29 is 69.0 Å². The van der Waals surface area contributed by atoms with Crippen LogP contribution in [0.1, 0.15) is 194 Å². The van der Waals surface area contributed by atoms with Gasteiger partial charge in [-0.15, -0.1) is 0 Å². The van der Waals surface area contributed by atoms with Gasteiger partial charge in [0.2, 0.25) is 0 Å². The molecule has 402 valence electrons. The molecule has 7 N–H and O–H groups in total. The van der Waals surface area contributed by atoms with E-state index in [1.165, 1.54) is 89.9 Å². The fourth-order valence-electron chi connectivity index (χ4n) is 8.35. The van der Waals surface area contributed by atoms with E-state index in [1.54, 1.807) is 0 Å². The minimum absolute atomic E-state index is 0.0519. The van der Waals surface area contributed by atoms with Crippen molar-refractivity contribution in [1.82, 2.24) is 0 Å². The minimum Gasteiger partial charge on any atom is -0.457 e. The highest BCUT2D eigenvalue weighted by atomic mass is 16.7. The second-order valence-electron chi connectivity index (χ2n) is 19.0. The van der Waals surface area contributed by atoms with Gasteiger partial charge in [0.15, 0.2) is 12.6 Å². The number of hydrogen-bond acceptors (Lipinski definition) is 14. The molecule has 2 rings (SSSR count). The van der Waals surface area contributed by atoms with Gasteiger partial charge in [0.05, 0.1) is 26.4 Å². The lowest BCUT2D eigenvalue weighted by Crippen LogP contribution is -2.61. The molecule has 14 nitrogen and oxygen atoms in total. The first-order valence-electron chi connectivity index (χ1n) is 27.2. The van der Waals surface area contributed by atoms with Crippen molar-refractivity contribution in [3.05, 3.63) is 48.6 Å². The molecule has 2 heterocycles. The number of aliphatic hydroxyl groups excluding tert-OH is 7. The van der Waals surface area contributed by atoms with E-state index >= 15 is 0 Å². The smallest absolute Gasteiger partial charge is 0.306 e. The second kappa shape index (κ2) is 42.5. The number of carbonyl (C=O) groups is 1. The zero-order valence-electron chi connectivity index (χ0n) is 42.8. The quantitative estimate of drug-likeness (QED) is 0.0173. The maximum atomic E-state index is 13.0. The number of carbonyl (C=O) groups excluding carboxylic acids is 1. The molecule has 0 amide bonds. The zero-order chi connectivity index (χ0) is 50.2. The van der Waals surface area contributed by atoms with Crippen LogP contribution in [0.15, 0.2) is 48.6 Å². The fourth-order valence-corrected chi connectivity index (χ4v) is 8.35. The Hall–Kier alpha value is -2.05. The summed E-state index contributed by atoms with van der Waals surface area (Å²) in [4.78, 5) is 13.0. The maximum absolute atomic E-state index is 13.0. The van der Waals surface area contributed by atoms with E-state index < -0.39 is 80.7 Å². The number of ether oxygens (including phenoxy) is 6. The molecule has 0 aromatic rings. The third-order valence-corrected chi connectivity index (χ3v) is 12.8. The Labute approximate surface area is 416 Å². The van der Waals surface area contributed by atoms with Gasteiger partial charge < -0.3 is 64.2 Å². The van der Waals surface area contributed by atoms with E-state index in [4.69, 9.17) is 28.4 Å². The van der Waals surface area contributed by atoms with Gasteiger partial charge in [-0.25, -0.2) is 0 Å². The number of unbranched alkanes of at least 4 members (excludes halogenated alkanes) is 21. The van der Waals surface area contributed by atoms with Crippen molar-refractivity contribution in [2.24, 2.45) is 0 Å². The average molecular weight is 983 g/mol. The van der Waals surface area contributed by atoms with Crippen molar-refractivity contribution >= 4 is 5.97 Å². The summed E-state index contributed by atoms with van der Waals surface area (Å²) >= 11 is 0. The predicted octanol–water partition coefficient (Wildman–Crippen LogP) is 8.74. The first kappa shape index (κ1) is 63.1. The molecule has 2 aliphatic rings. The molecule has 2 fully saturated rings. The molecule has 0 aromatic carbocycles. The Morgan fingerprint density at radius 3 is 1.45 bits per heavy atom. The van der Waals surface area contributed by atoms with Crippen molar-refractivity contribution in [3.8, 4) is 0 Å². The van der Waals surface area contributed by atoms with Crippen LogP contribution in [-0.2, 0) is 33.2 Å². The topological polar surface area (TPSA) is 214 Å². The lowest BCUT2D eigenvalue weighted by molar-refractivity contribution is -0.332. The molecule has 0 radical (unpaired) electrons. The SMILES string of the molecule is CCC/C=C\C/C=C\CCCCCCCCOCC(COC1OC(COC2OC(CO)C(O)C(O)C2O)C(O)C(O)C1O)OC(=O)CCCCCCCCCCC/C=C\C/C=C\CCCCCCC. The van der Waals surface area contributed by atoms with Gasteiger partial charge >= 0.3 is 5.97 Å². The van der Waals surface area contributed by atoms with Crippen LogP contribution in [0.25, 0.3) is 0 Å². The average Bonchev–Trinajstić information content (AvgIpc) is 3.35. The van der Waals surface area contributed by atoms with Crippen molar-refractivity contribution in [1.29, 1.82) is 0 Å². The van der Waals surface area contributed by atoms with Crippen LogP contribution < -0.4 is 0 Å². The highest BCUT2D eigenvalue weighted by molar-refractivity contribution is 5.69. The van der Waals surface area contributed by atoms with E-state index in [1.807, 2.05) is 0 Å². The van der Waals surface area contributed by atoms with Crippen LogP contribution in [0, 0.1) is 0 Å². The van der Waals surface area contributed by atoms with Gasteiger partial charge in [-0.05, 0) is 70.6 Å². The summed E-state index contributed by atoms with van der Waals surface area (Å²) in [6.45, 7) is 3.59. The number of rotatable bonds is 43. The van der Waals surface area contributed by atoms with Crippen LogP contribution in [-0.4, -0.2) is 142 Å². The Morgan fingerprint density at radius 2 is 0.928 bits per heavy atom. The molecule has 0 aromatic heterocycles. The third-order valence-electron chi connectivity index (χ3n) is 12.8. The summed E-state index contributed by atoms with van der Waals surface area (Å²) in [5.41, 5.74) is 0. The van der Waals surface area contributed by atoms with E-state index in [-0.39, 0.29) is 25.6 Å². The Balaban J connectivity index is 1.74. The summed E-state index contributed by atoms with van der Waals surface area (Å²) in [5.74, 6) is -0.385. The highest BCUT2D eigenvalue weighted by Gasteiger charge is 2.47. The molecule has 0 spiro atoms. The van der Waals surface area contributed by atoms with E-state index in [2.05, 4.69) is 62.5 Å². The lowest BCUT2D eigenvalue weighted by Gasteiger charge is -2.42. The van der Waals surface area contributed by atoms with Gasteiger partial charge in [0, 0.05) is 13.0 Å². The molecular weight excluding hydrogens is 885 g/mol. The maximum Gasteiger partial charge on any atom is 0.306 e. The molecule has 2 saturated heterocycles. The lowest BCUT2D eigenvalue weighted by atomic mass is 9.98. The molecule has 0 aliphatic carbocycles. The molecule has 11 unspecified atom stereocenters. The second-order valence-corrected chi connectivity index (χ2v) is 19.0. The van der Waals surface area contributed by atoms with Crippen LogP contribution >= 0.6 is 0 Å². The van der Waals surface area contributed by atoms with Crippen LogP contribution in [0.4, 0.5) is 0 Å². The van der Waals surface area contributed by atoms with Crippen LogP contribution in [0.2, 0.25) is 0 Å². The third kappa shape index (κ3) is 29.9. The summed E-state index contributed by atoms with van der Waals surface area (Å²) in [7, 11) is 0. The first-order chi connectivity index (χ1) is 33.6. The number of hydrogen-bond donors (Lipinski definition) is 7. The predicted molar refractivity (Wildman–Crippen MR) is 270 cm³/mol. The normalized spacial score (nSPS) is 26.0. The van der Waals surface area contributed by atoms with Crippen molar-refractivity contribution in [2.75, 3.05) is 33.0 Å². The van der Waals surface area contributed by atoms with E-state index in [0.717, 1.165) is 77.0 Å². The Kier molecular flexibility index (Phi) is 38.8. The minimum atomic E-state index is -1.71. The van der Waals surface area contributed by atoms with Gasteiger partial charge in [0.1, 0.15) is 54.9 Å². The van der Waals surface area contributed by atoms with Gasteiger partial charge in [-0.2, -0.15) is 0 Å². The molecule has 0 saturated carbocycles. The Morgan fingerprint density at radius 1 is 0.478 bits per heavy atom. The van der Waals surface area contributed by atoms with Crippen molar-refractivity contribution in [3.63, 3.8) is 0 Å². The summed E-state index contributed by atoms with van der Waals surface area (Å²) in [5, 5.41) is 72.2. The fraction of sp³-hybridized carbons (Fsp3) is 0.836. The number of aliphatic hydroxyl groups is 7. The molecular formula is C55H98O14. The summed E-state index contributed by atoms with van der Waals surface area (Å²) < 4.78 is 34.3.